The molecule has 2 amide bonds. The van der Waals surface area contributed by atoms with Crippen molar-refractivity contribution in [1.29, 1.82) is 0 Å². The van der Waals surface area contributed by atoms with E-state index in [2.05, 4.69) is 15.2 Å². The average molecular weight is 619 g/mol. The number of amides is 2. The van der Waals surface area contributed by atoms with Crippen LogP contribution in [0.2, 0.25) is 0 Å². The van der Waals surface area contributed by atoms with Gasteiger partial charge in [-0.05, 0) is 116 Å². The normalized spacial score (nSPS) is 25.8. The number of halogens is 3. The van der Waals surface area contributed by atoms with Crippen molar-refractivity contribution in [1.82, 2.24) is 15.2 Å². The van der Waals surface area contributed by atoms with Crippen molar-refractivity contribution in [3.05, 3.63) is 77.6 Å². The molecule has 45 heavy (non-hydrogen) atoms. The van der Waals surface area contributed by atoms with Crippen molar-refractivity contribution < 1.29 is 27.9 Å². The fraction of sp³-hybridized carbons (Fsp3) is 0.457. The fourth-order valence-electron chi connectivity index (χ4n) is 8.72. The molecule has 236 valence electrons. The van der Waals surface area contributed by atoms with Crippen LogP contribution < -0.4 is 10.2 Å². The quantitative estimate of drug-likeness (QED) is 0.335. The molecule has 2 N–H and O–H groups in total. The molecule has 2 heterocycles. The van der Waals surface area contributed by atoms with Gasteiger partial charge in [0.25, 0.3) is 11.8 Å². The zero-order chi connectivity index (χ0) is 31.3. The molecule has 0 unspecified atom stereocenters. The number of piperazine rings is 1. The summed E-state index contributed by atoms with van der Waals surface area (Å²) in [7, 11) is 0. The zero-order valence-corrected chi connectivity index (χ0v) is 25.0. The lowest BCUT2D eigenvalue weighted by molar-refractivity contribution is -0.137. The minimum Gasteiger partial charge on any atom is -0.506 e. The number of hydrogen-bond acceptors (Lipinski definition) is 5. The maximum Gasteiger partial charge on any atom is 0.416 e. The summed E-state index contributed by atoms with van der Waals surface area (Å²) in [4.78, 5) is 33.9. The van der Waals surface area contributed by atoms with Gasteiger partial charge in [0.05, 0.1) is 11.8 Å². The van der Waals surface area contributed by atoms with Crippen LogP contribution in [0.1, 0.15) is 64.8 Å². The Kier molecular flexibility index (Phi) is 7.49. The topological polar surface area (TPSA) is 85.8 Å². The van der Waals surface area contributed by atoms with Gasteiger partial charge in [0, 0.05) is 61.3 Å². The number of benzene rings is 2. The summed E-state index contributed by atoms with van der Waals surface area (Å²) < 4.78 is 41.2. The number of nitrogens with zero attached hydrogens (tertiary/aromatic N) is 3. The van der Waals surface area contributed by atoms with Gasteiger partial charge in [0.15, 0.2) is 0 Å². The highest BCUT2D eigenvalue weighted by Crippen LogP contribution is 2.59. The first-order valence-electron chi connectivity index (χ1n) is 15.8. The first-order valence-corrected chi connectivity index (χ1v) is 15.8. The molecular weight excluding hydrogens is 581 g/mol. The highest BCUT2D eigenvalue weighted by molar-refractivity contribution is 5.96. The summed E-state index contributed by atoms with van der Waals surface area (Å²) in [6.45, 7) is 2.44. The van der Waals surface area contributed by atoms with Gasteiger partial charge < -0.3 is 20.2 Å². The number of rotatable bonds is 6. The predicted octanol–water partition coefficient (Wildman–Crippen LogP) is 6.38. The van der Waals surface area contributed by atoms with Crippen LogP contribution in [0.4, 0.5) is 18.9 Å². The molecule has 0 atom stereocenters. The van der Waals surface area contributed by atoms with E-state index in [9.17, 15) is 27.9 Å². The summed E-state index contributed by atoms with van der Waals surface area (Å²) in [5.74, 6) is 1.81. The summed E-state index contributed by atoms with van der Waals surface area (Å²) >= 11 is 0. The Balaban J connectivity index is 0.972. The zero-order valence-electron chi connectivity index (χ0n) is 25.0. The molecule has 0 spiro atoms. The molecule has 4 bridgehead atoms. The first kappa shape index (κ1) is 29.6. The number of aromatic hydroxyl groups is 1. The van der Waals surface area contributed by atoms with E-state index in [4.69, 9.17) is 0 Å². The van der Waals surface area contributed by atoms with Crippen molar-refractivity contribution in [3.8, 4) is 16.9 Å². The second-order valence-corrected chi connectivity index (χ2v) is 13.7. The number of hydrogen-bond donors (Lipinski definition) is 2. The van der Waals surface area contributed by atoms with Crippen molar-refractivity contribution in [2.45, 2.75) is 44.7 Å². The lowest BCUT2D eigenvalue weighted by Crippen LogP contribution is -2.51. The molecule has 5 fully saturated rings. The van der Waals surface area contributed by atoms with E-state index in [-0.39, 0.29) is 33.8 Å². The Bertz CT molecular complexity index is 1560. The number of nitrogens with one attached hydrogen (secondary N) is 1. The van der Waals surface area contributed by atoms with E-state index >= 15 is 0 Å². The third-order valence-corrected chi connectivity index (χ3v) is 10.4. The molecule has 1 aromatic heterocycles. The lowest BCUT2D eigenvalue weighted by atomic mass is 9.49. The molecule has 3 aromatic rings. The van der Waals surface area contributed by atoms with E-state index in [0.29, 0.717) is 31.7 Å². The van der Waals surface area contributed by atoms with Crippen LogP contribution in [0.25, 0.3) is 11.1 Å². The number of aromatic nitrogens is 1. The molecule has 10 heteroatoms. The molecule has 5 aliphatic rings. The third-order valence-electron chi connectivity index (χ3n) is 10.4. The van der Waals surface area contributed by atoms with Crippen molar-refractivity contribution in [3.63, 3.8) is 0 Å². The smallest absolute Gasteiger partial charge is 0.416 e. The van der Waals surface area contributed by atoms with Crippen molar-refractivity contribution >= 4 is 17.5 Å². The molecular formula is C35H37F3N4O3. The van der Waals surface area contributed by atoms with Gasteiger partial charge in [-0.25, -0.2) is 0 Å². The number of pyridine rings is 1. The maximum atomic E-state index is 13.7. The van der Waals surface area contributed by atoms with Gasteiger partial charge in [0.2, 0.25) is 0 Å². The summed E-state index contributed by atoms with van der Waals surface area (Å²) in [6, 6.07) is 12.1. The summed E-state index contributed by atoms with van der Waals surface area (Å²) in [6.07, 6.45) is 5.76. The van der Waals surface area contributed by atoms with Crippen LogP contribution in [0.3, 0.4) is 0 Å². The molecule has 1 aliphatic heterocycles. The molecule has 8 rings (SSSR count). The van der Waals surface area contributed by atoms with Gasteiger partial charge in [-0.15, -0.1) is 0 Å². The molecule has 2 aromatic carbocycles. The number of anilines is 1. The second kappa shape index (κ2) is 11.4. The monoisotopic (exact) mass is 618 g/mol. The van der Waals surface area contributed by atoms with Crippen molar-refractivity contribution in [2.75, 3.05) is 37.6 Å². The van der Waals surface area contributed by atoms with E-state index in [1.807, 2.05) is 24.3 Å². The Morgan fingerprint density at radius 3 is 2.09 bits per heavy atom. The van der Waals surface area contributed by atoms with Gasteiger partial charge in [-0.3, -0.25) is 14.6 Å². The molecule has 0 radical (unpaired) electrons. The number of carbonyl (C=O) groups is 2. The Morgan fingerprint density at radius 1 is 0.844 bits per heavy atom. The maximum absolute atomic E-state index is 13.7. The summed E-state index contributed by atoms with van der Waals surface area (Å²) in [5, 5.41) is 13.0. The van der Waals surface area contributed by atoms with Crippen LogP contribution >= 0.6 is 0 Å². The second-order valence-electron chi connectivity index (χ2n) is 13.7. The number of alkyl halides is 3. The van der Waals surface area contributed by atoms with Gasteiger partial charge in [0.1, 0.15) is 5.75 Å². The SMILES string of the molecule is O=C(NCC12CC3CC(CC(C3)C1)C2)c1ccc(N2CCN(C(=O)c3cc(-c4cncc(O)c4)cc(C(F)(F)F)c3)CC2)cc1. The van der Waals surface area contributed by atoms with E-state index in [0.717, 1.165) is 42.1 Å². The predicted molar refractivity (Wildman–Crippen MR) is 164 cm³/mol. The van der Waals surface area contributed by atoms with Crippen LogP contribution in [-0.2, 0) is 6.18 Å². The third kappa shape index (κ3) is 6.11. The van der Waals surface area contributed by atoms with Crippen LogP contribution in [0, 0.1) is 23.2 Å². The van der Waals surface area contributed by atoms with E-state index < -0.39 is 17.6 Å². The van der Waals surface area contributed by atoms with Crippen LogP contribution in [0.15, 0.2) is 60.9 Å². The number of carbonyl (C=O) groups excluding carboxylic acids is 2. The van der Waals surface area contributed by atoms with Gasteiger partial charge in [-0.1, -0.05) is 0 Å². The fourth-order valence-corrected chi connectivity index (χ4v) is 8.72. The standard InChI is InChI=1S/C35H37F3N4O3/c36-35(37,38)29-13-26(28-15-31(43)20-39-19-28)12-27(14-29)33(45)42-7-5-41(6-8-42)30-3-1-25(2-4-30)32(44)40-21-34-16-22-9-23(17-34)11-24(10-22)18-34/h1-4,12-15,19-20,22-24,43H,5-11,16-18,21H2,(H,40,44). The lowest BCUT2D eigenvalue weighted by Gasteiger charge is -2.56. The molecule has 4 saturated carbocycles. The van der Waals surface area contributed by atoms with Crippen LogP contribution in [-0.4, -0.2) is 59.5 Å². The van der Waals surface area contributed by atoms with Crippen molar-refractivity contribution in [2.24, 2.45) is 23.2 Å². The van der Waals surface area contributed by atoms with Crippen LogP contribution in [0.5, 0.6) is 5.75 Å². The molecule has 4 aliphatic carbocycles. The largest absolute Gasteiger partial charge is 0.506 e. The van der Waals surface area contributed by atoms with E-state index in [1.165, 1.54) is 63.1 Å². The molecule has 1 saturated heterocycles. The highest BCUT2D eigenvalue weighted by atomic mass is 19.4. The minimum absolute atomic E-state index is 0.0466. The Morgan fingerprint density at radius 2 is 1.49 bits per heavy atom. The highest BCUT2D eigenvalue weighted by Gasteiger charge is 2.50. The van der Waals surface area contributed by atoms with Gasteiger partial charge >= 0.3 is 6.18 Å². The molecule has 7 nitrogen and oxygen atoms in total. The van der Waals surface area contributed by atoms with E-state index in [1.54, 1.807) is 4.90 Å². The first-order chi connectivity index (χ1) is 21.5. The average Bonchev–Trinajstić information content (AvgIpc) is 3.02. The van der Waals surface area contributed by atoms with Gasteiger partial charge in [-0.2, -0.15) is 13.2 Å². The Labute approximate surface area is 260 Å². The minimum atomic E-state index is -4.65. The Hall–Kier alpha value is -4.08. The summed E-state index contributed by atoms with van der Waals surface area (Å²) in [5.41, 5.74) is 1.26.